The van der Waals surface area contributed by atoms with Crippen molar-refractivity contribution in [2.24, 2.45) is 5.73 Å². The Balaban J connectivity index is 2.10. The van der Waals surface area contributed by atoms with E-state index in [-0.39, 0.29) is 18.4 Å². The molecular formula is C14H16F2N2OS. The van der Waals surface area contributed by atoms with Crippen LogP contribution in [0.2, 0.25) is 0 Å². The van der Waals surface area contributed by atoms with Gasteiger partial charge in [0.05, 0.1) is 0 Å². The van der Waals surface area contributed by atoms with E-state index in [1.54, 1.807) is 11.6 Å². The number of hydrogen-bond acceptors (Lipinski definition) is 4. The summed E-state index contributed by atoms with van der Waals surface area (Å²) < 4.78 is 32.9. The first-order valence-electron chi connectivity index (χ1n) is 6.34. The van der Waals surface area contributed by atoms with Crippen LogP contribution in [-0.4, -0.2) is 11.0 Å². The predicted molar refractivity (Wildman–Crippen MR) is 74.8 cm³/mol. The summed E-state index contributed by atoms with van der Waals surface area (Å²) in [4.78, 5) is 3.99. The van der Waals surface area contributed by atoms with Crippen LogP contribution in [0.15, 0.2) is 23.7 Å². The molecule has 6 heteroatoms. The third-order valence-corrected chi connectivity index (χ3v) is 3.66. The Labute approximate surface area is 120 Å². The van der Waals surface area contributed by atoms with Gasteiger partial charge in [-0.25, -0.2) is 13.8 Å². The normalized spacial score (nSPS) is 12.4. The first-order valence-corrected chi connectivity index (χ1v) is 7.22. The number of rotatable bonds is 6. The Hall–Kier alpha value is -1.53. The van der Waals surface area contributed by atoms with E-state index in [0.717, 1.165) is 6.42 Å². The van der Waals surface area contributed by atoms with Crippen LogP contribution in [-0.2, 0) is 13.0 Å². The van der Waals surface area contributed by atoms with Crippen LogP contribution in [0.25, 0.3) is 0 Å². The topological polar surface area (TPSA) is 48.1 Å². The molecule has 0 aliphatic rings. The molecule has 0 fully saturated rings. The van der Waals surface area contributed by atoms with Crippen molar-refractivity contribution in [3.8, 4) is 5.75 Å². The van der Waals surface area contributed by atoms with Crippen molar-refractivity contribution in [3.05, 3.63) is 45.9 Å². The average molecular weight is 298 g/mol. The van der Waals surface area contributed by atoms with Gasteiger partial charge in [0.2, 0.25) is 0 Å². The van der Waals surface area contributed by atoms with Gasteiger partial charge in [0.15, 0.2) is 17.4 Å². The van der Waals surface area contributed by atoms with Crippen molar-refractivity contribution < 1.29 is 13.5 Å². The summed E-state index contributed by atoms with van der Waals surface area (Å²) in [6, 6.07) is 2.45. The van der Waals surface area contributed by atoms with Crippen molar-refractivity contribution in [2.45, 2.75) is 32.4 Å². The van der Waals surface area contributed by atoms with Gasteiger partial charge in [0.25, 0.3) is 0 Å². The molecule has 1 heterocycles. The van der Waals surface area contributed by atoms with Gasteiger partial charge in [-0.3, -0.25) is 0 Å². The van der Waals surface area contributed by atoms with E-state index in [0.29, 0.717) is 17.0 Å². The van der Waals surface area contributed by atoms with Crippen molar-refractivity contribution in [1.82, 2.24) is 4.98 Å². The molecule has 0 saturated heterocycles. The van der Waals surface area contributed by atoms with Gasteiger partial charge in [-0.1, -0.05) is 6.92 Å². The first kappa shape index (κ1) is 14.9. The number of benzene rings is 1. The van der Waals surface area contributed by atoms with E-state index in [4.69, 9.17) is 10.5 Å². The van der Waals surface area contributed by atoms with E-state index in [2.05, 4.69) is 4.98 Å². The molecule has 1 atom stereocenters. The van der Waals surface area contributed by atoms with Gasteiger partial charge >= 0.3 is 0 Å². The fourth-order valence-corrected chi connectivity index (χ4v) is 2.30. The summed E-state index contributed by atoms with van der Waals surface area (Å²) in [5.74, 6) is -1.78. The molecule has 108 valence electrons. The third-order valence-electron chi connectivity index (χ3n) is 2.90. The molecule has 20 heavy (non-hydrogen) atoms. The monoisotopic (exact) mass is 298 g/mol. The van der Waals surface area contributed by atoms with Crippen LogP contribution in [0.5, 0.6) is 5.75 Å². The summed E-state index contributed by atoms with van der Waals surface area (Å²) in [6.07, 6.45) is 2.81. The molecule has 0 bridgehead atoms. The number of hydrogen-bond donors (Lipinski definition) is 1. The van der Waals surface area contributed by atoms with Crippen LogP contribution in [0, 0.1) is 11.6 Å². The van der Waals surface area contributed by atoms with Gasteiger partial charge in [-0.15, -0.1) is 11.3 Å². The summed E-state index contributed by atoms with van der Waals surface area (Å²) in [5.41, 5.74) is 6.32. The van der Waals surface area contributed by atoms with E-state index < -0.39 is 11.6 Å². The van der Waals surface area contributed by atoms with Gasteiger partial charge in [-0.2, -0.15) is 0 Å². The maximum Gasteiger partial charge on any atom is 0.191 e. The molecule has 2 aromatic rings. The molecule has 2 N–H and O–H groups in total. The van der Waals surface area contributed by atoms with Crippen LogP contribution in [0.3, 0.4) is 0 Å². The van der Waals surface area contributed by atoms with Crippen molar-refractivity contribution in [1.29, 1.82) is 0 Å². The van der Waals surface area contributed by atoms with Crippen molar-refractivity contribution >= 4 is 11.3 Å². The van der Waals surface area contributed by atoms with E-state index in [9.17, 15) is 8.78 Å². The molecule has 0 aliphatic heterocycles. The van der Waals surface area contributed by atoms with Crippen LogP contribution >= 0.6 is 11.3 Å². The maximum absolute atomic E-state index is 13.9. The minimum Gasteiger partial charge on any atom is -0.480 e. The van der Waals surface area contributed by atoms with Gasteiger partial charge in [-0.05, 0) is 30.5 Å². The Bertz CT molecular complexity index is 537. The fraction of sp³-hybridized carbons (Fsp3) is 0.357. The van der Waals surface area contributed by atoms with Crippen LogP contribution < -0.4 is 10.5 Å². The quantitative estimate of drug-likeness (QED) is 0.890. The minimum atomic E-state index is -0.708. The molecule has 1 unspecified atom stereocenters. The molecular weight excluding hydrogens is 282 g/mol. The largest absolute Gasteiger partial charge is 0.480 e. The summed E-state index contributed by atoms with van der Waals surface area (Å²) >= 11 is 1.37. The predicted octanol–water partition coefficient (Wildman–Crippen LogP) is 3.28. The second-order valence-corrected chi connectivity index (χ2v) is 5.45. The Morgan fingerprint density at radius 3 is 2.60 bits per heavy atom. The van der Waals surface area contributed by atoms with Crippen molar-refractivity contribution in [2.75, 3.05) is 0 Å². The zero-order valence-electron chi connectivity index (χ0n) is 11.1. The molecule has 1 aromatic heterocycles. The highest BCUT2D eigenvalue weighted by atomic mass is 32.1. The Morgan fingerprint density at radius 2 is 2.05 bits per heavy atom. The van der Waals surface area contributed by atoms with Gasteiger partial charge in [0.1, 0.15) is 11.6 Å². The lowest BCUT2D eigenvalue weighted by molar-refractivity contribution is 0.273. The Kier molecular flexibility index (Phi) is 5.03. The zero-order valence-corrected chi connectivity index (χ0v) is 11.9. The summed E-state index contributed by atoms with van der Waals surface area (Å²) in [7, 11) is 0. The van der Waals surface area contributed by atoms with Crippen molar-refractivity contribution in [3.63, 3.8) is 0 Å². The average Bonchev–Trinajstić information content (AvgIpc) is 2.90. The smallest absolute Gasteiger partial charge is 0.191 e. The second-order valence-electron chi connectivity index (χ2n) is 4.48. The van der Waals surface area contributed by atoms with Crippen LogP contribution in [0.1, 0.15) is 23.9 Å². The highest BCUT2D eigenvalue weighted by Crippen LogP contribution is 2.25. The van der Waals surface area contributed by atoms with E-state index >= 15 is 0 Å². The number of aromatic nitrogens is 1. The molecule has 2 rings (SSSR count). The fourth-order valence-electron chi connectivity index (χ4n) is 1.77. The number of thiazole rings is 1. The summed E-state index contributed by atoms with van der Waals surface area (Å²) in [6.45, 7) is 1.99. The molecule has 3 nitrogen and oxygen atoms in total. The first-order chi connectivity index (χ1) is 9.60. The maximum atomic E-state index is 13.9. The van der Waals surface area contributed by atoms with E-state index in [1.165, 1.54) is 23.5 Å². The third kappa shape index (κ3) is 3.74. The lowest BCUT2D eigenvalue weighted by atomic mass is 10.0. The van der Waals surface area contributed by atoms with Gasteiger partial charge < -0.3 is 10.5 Å². The number of ether oxygens (including phenoxy) is 1. The molecule has 0 amide bonds. The zero-order chi connectivity index (χ0) is 14.5. The van der Waals surface area contributed by atoms with Crippen LogP contribution in [0.4, 0.5) is 8.78 Å². The molecule has 0 radical (unpaired) electrons. The number of halogens is 2. The highest BCUT2D eigenvalue weighted by Gasteiger charge is 2.14. The molecule has 1 aromatic carbocycles. The highest BCUT2D eigenvalue weighted by molar-refractivity contribution is 7.09. The number of nitrogens with zero attached hydrogens (tertiary/aromatic N) is 1. The molecule has 0 spiro atoms. The minimum absolute atomic E-state index is 0.0549. The Morgan fingerprint density at radius 1 is 1.35 bits per heavy atom. The van der Waals surface area contributed by atoms with E-state index in [1.807, 2.05) is 6.92 Å². The molecule has 0 aliphatic carbocycles. The SMILES string of the molecule is CCC(N)Cc1cc(F)c(OCc2nccs2)c(F)c1. The lowest BCUT2D eigenvalue weighted by Crippen LogP contribution is -2.21. The summed E-state index contributed by atoms with van der Waals surface area (Å²) in [5, 5.41) is 2.45. The molecule has 0 saturated carbocycles. The second kappa shape index (κ2) is 6.76. The standard InChI is InChI=1S/C14H16F2N2OS/c1-2-10(17)5-9-6-11(15)14(12(16)7-9)19-8-13-18-3-4-20-13/h3-4,6-7,10H,2,5,8,17H2,1H3. The number of nitrogens with two attached hydrogens (primary N) is 1. The lowest BCUT2D eigenvalue weighted by Gasteiger charge is -2.12. The van der Waals surface area contributed by atoms with Gasteiger partial charge in [0, 0.05) is 17.6 Å².